The second-order valence-electron chi connectivity index (χ2n) is 7.95. The number of carbonyl (C=O) groups is 1. The summed E-state index contributed by atoms with van der Waals surface area (Å²) in [6.45, 7) is 15.4. The van der Waals surface area contributed by atoms with E-state index < -0.39 is 0 Å². The zero-order valence-corrected chi connectivity index (χ0v) is 14.9. The maximum Gasteiger partial charge on any atom is 0.274 e. The molecule has 0 aliphatic carbocycles. The molecule has 1 heterocycles. The van der Waals surface area contributed by atoms with Gasteiger partial charge in [-0.3, -0.25) is 9.48 Å². The number of nitrogens with zero attached hydrogens (tertiary/aromatic N) is 4. The Morgan fingerprint density at radius 1 is 1.32 bits per heavy atom. The second-order valence-corrected chi connectivity index (χ2v) is 7.95. The van der Waals surface area contributed by atoms with Crippen LogP contribution in [0.15, 0.2) is 6.07 Å². The van der Waals surface area contributed by atoms with Crippen LogP contribution >= 0.6 is 0 Å². The molecule has 1 amide bonds. The summed E-state index contributed by atoms with van der Waals surface area (Å²) in [7, 11) is 0. The van der Waals surface area contributed by atoms with Crippen molar-refractivity contribution in [3.05, 3.63) is 17.5 Å². The van der Waals surface area contributed by atoms with Crippen LogP contribution in [0.4, 0.5) is 0 Å². The normalized spacial score (nSPS) is 12.1. The fraction of sp³-hybridized carbons (Fsp3) is 0.706. The van der Waals surface area contributed by atoms with Crippen molar-refractivity contribution >= 4 is 5.91 Å². The molecule has 0 saturated heterocycles. The third-order valence-electron chi connectivity index (χ3n) is 3.19. The largest absolute Gasteiger partial charge is 0.336 e. The summed E-state index contributed by atoms with van der Waals surface area (Å²) in [4.78, 5) is 14.5. The van der Waals surface area contributed by atoms with E-state index >= 15 is 0 Å². The van der Waals surface area contributed by atoms with Crippen molar-refractivity contribution in [2.45, 2.75) is 60.4 Å². The summed E-state index contributed by atoms with van der Waals surface area (Å²) >= 11 is 0. The maximum atomic E-state index is 12.8. The average Bonchev–Trinajstić information content (AvgIpc) is 2.74. The molecule has 0 aliphatic rings. The summed E-state index contributed by atoms with van der Waals surface area (Å²) in [6, 6.07) is 3.94. The lowest BCUT2D eigenvalue weighted by Gasteiger charge is -2.29. The van der Waals surface area contributed by atoms with Gasteiger partial charge < -0.3 is 4.90 Å². The molecule has 1 aromatic heterocycles. The predicted octanol–water partition coefficient (Wildman–Crippen LogP) is 3.35. The van der Waals surface area contributed by atoms with Crippen molar-refractivity contribution in [2.75, 3.05) is 13.1 Å². The minimum atomic E-state index is -0.163. The van der Waals surface area contributed by atoms with Crippen molar-refractivity contribution in [3.63, 3.8) is 0 Å². The van der Waals surface area contributed by atoms with Crippen LogP contribution in [0.3, 0.4) is 0 Å². The number of aromatic nitrogens is 2. The Kier molecular flexibility index (Phi) is 5.39. The molecule has 122 valence electrons. The van der Waals surface area contributed by atoms with Gasteiger partial charge in [-0.15, -0.1) is 0 Å². The quantitative estimate of drug-likeness (QED) is 0.857. The lowest BCUT2D eigenvalue weighted by Crippen LogP contribution is -2.38. The molecular weight excluding hydrogens is 276 g/mol. The lowest BCUT2D eigenvalue weighted by molar-refractivity contribution is 0.0692. The lowest BCUT2D eigenvalue weighted by atomic mass is 9.96. The average molecular weight is 304 g/mol. The number of nitriles is 1. The number of aryl methyl sites for hydroxylation is 1. The Hall–Kier alpha value is -1.83. The standard InChI is InChI=1S/C17H28N4O/c1-13-11-14(19-21(13)17(5,6)7)15(22)20(10-8-9-18)12-16(2,3)4/h11H,8,10,12H2,1-7H3. The smallest absolute Gasteiger partial charge is 0.274 e. The zero-order valence-electron chi connectivity index (χ0n) is 14.9. The molecular formula is C17H28N4O. The van der Waals surface area contributed by atoms with Crippen molar-refractivity contribution in [1.82, 2.24) is 14.7 Å². The Balaban J connectivity index is 3.06. The third-order valence-corrected chi connectivity index (χ3v) is 3.19. The first kappa shape index (κ1) is 18.2. The molecule has 0 fully saturated rings. The van der Waals surface area contributed by atoms with Gasteiger partial charge in [0.05, 0.1) is 18.0 Å². The van der Waals surface area contributed by atoms with Crippen LogP contribution < -0.4 is 0 Å². The Morgan fingerprint density at radius 3 is 2.32 bits per heavy atom. The minimum absolute atomic E-state index is 0.0211. The van der Waals surface area contributed by atoms with Crippen LogP contribution in [0.2, 0.25) is 0 Å². The van der Waals surface area contributed by atoms with E-state index in [2.05, 4.69) is 52.7 Å². The van der Waals surface area contributed by atoms with Crippen LogP contribution in [-0.2, 0) is 5.54 Å². The van der Waals surface area contributed by atoms with E-state index in [1.165, 1.54) is 0 Å². The molecule has 5 nitrogen and oxygen atoms in total. The highest BCUT2D eigenvalue weighted by atomic mass is 16.2. The summed E-state index contributed by atoms with van der Waals surface area (Å²) in [5.74, 6) is -0.101. The van der Waals surface area contributed by atoms with E-state index in [1.807, 2.05) is 17.7 Å². The first-order valence-electron chi connectivity index (χ1n) is 7.69. The summed E-state index contributed by atoms with van der Waals surface area (Å²) in [5, 5.41) is 13.3. The highest BCUT2D eigenvalue weighted by Crippen LogP contribution is 2.20. The molecule has 0 spiro atoms. The zero-order chi connectivity index (χ0) is 17.1. The van der Waals surface area contributed by atoms with Crippen LogP contribution in [0.1, 0.15) is 64.1 Å². The van der Waals surface area contributed by atoms with Crippen molar-refractivity contribution in [2.24, 2.45) is 5.41 Å². The molecule has 0 saturated carbocycles. The third kappa shape index (κ3) is 4.87. The Bertz CT molecular complexity index is 567. The van der Waals surface area contributed by atoms with Gasteiger partial charge in [0, 0.05) is 18.8 Å². The Morgan fingerprint density at radius 2 is 1.91 bits per heavy atom. The van der Waals surface area contributed by atoms with Crippen molar-refractivity contribution in [1.29, 1.82) is 5.26 Å². The molecule has 0 radical (unpaired) electrons. The SMILES string of the molecule is Cc1cc(C(=O)N(CCC#N)CC(C)(C)C)nn1C(C)(C)C. The van der Waals surface area contributed by atoms with E-state index in [0.717, 1.165) is 5.69 Å². The van der Waals surface area contributed by atoms with Crippen molar-refractivity contribution < 1.29 is 4.79 Å². The van der Waals surface area contributed by atoms with Crippen molar-refractivity contribution in [3.8, 4) is 6.07 Å². The van der Waals surface area contributed by atoms with Gasteiger partial charge >= 0.3 is 0 Å². The molecule has 0 aliphatic heterocycles. The first-order chi connectivity index (χ1) is 9.95. The highest BCUT2D eigenvalue weighted by Gasteiger charge is 2.26. The number of hydrogen-bond donors (Lipinski definition) is 0. The number of rotatable bonds is 4. The first-order valence-corrected chi connectivity index (χ1v) is 7.69. The van der Waals surface area contributed by atoms with E-state index in [0.29, 0.717) is 25.2 Å². The fourth-order valence-corrected chi connectivity index (χ4v) is 2.43. The highest BCUT2D eigenvalue weighted by molar-refractivity contribution is 5.92. The molecule has 0 unspecified atom stereocenters. The van der Waals surface area contributed by atoms with Crippen LogP contribution in [-0.4, -0.2) is 33.7 Å². The van der Waals surface area contributed by atoms with Gasteiger partial charge in [-0.25, -0.2) is 0 Å². The predicted molar refractivity (Wildman–Crippen MR) is 87.5 cm³/mol. The summed E-state index contributed by atoms with van der Waals surface area (Å²) < 4.78 is 1.87. The van der Waals surface area contributed by atoms with Gasteiger partial charge in [-0.05, 0) is 39.2 Å². The fourth-order valence-electron chi connectivity index (χ4n) is 2.43. The number of amides is 1. The molecule has 1 aromatic rings. The van der Waals surface area contributed by atoms with E-state index in [9.17, 15) is 4.79 Å². The molecule has 0 atom stereocenters. The molecule has 1 rings (SSSR count). The number of hydrogen-bond acceptors (Lipinski definition) is 3. The van der Waals surface area contributed by atoms with Gasteiger partial charge in [0.25, 0.3) is 5.91 Å². The summed E-state index contributed by atoms with van der Waals surface area (Å²) in [5.41, 5.74) is 1.23. The van der Waals surface area contributed by atoms with E-state index in [-0.39, 0.29) is 16.9 Å². The van der Waals surface area contributed by atoms with Gasteiger partial charge in [0.2, 0.25) is 0 Å². The molecule has 0 bridgehead atoms. The second kappa shape index (κ2) is 6.51. The molecule has 0 aromatic carbocycles. The van der Waals surface area contributed by atoms with Gasteiger partial charge in [0.15, 0.2) is 5.69 Å². The number of carbonyl (C=O) groups excluding carboxylic acids is 1. The van der Waals surface area contributed by atoms with E-state index in [4.69, 9.17) is 5.26 Å². The monoisotopic (exact) mass is 304 g/mol. The van der Waals surface area contributed by atoms with Gasteiger partial charge in [-0.1, -0.05) is 20.8 Å². The molecule has 0 N–H and O–H groups in total. The Labute approximate surface area is 133 Å². The topological polar surface area (TPSA) is 61.9 Å². The summed E-state index contributed by atoms with van der Waals surface area (Å²) in [6.07, 6.45) is 0.334. The van der Waals surface area contributed by atoms with Crippen LogP contribution in [0.5, 0.6) is 0 Å². The van der Waals surface area contributed by atoms with E-state index in [1.54, 1.807) is 4.90 Å². The van der Waals surface area contributed by atoms with Crippen LogP contribution in [0, 0.1) is 23.7 Å². The molecule has 22 heavy (non-hydrogen) atoms. The van der Waals surface area contributed by atoms with Gasteiger partial charge in [0.1, 0.15) is 0 Å². The molecule has 5 heteroatoms. The van der Waals surface area contributed by atoms with Gasteiger partial charge in [-0.2, -0.15) is 10.4 Å². The van der Waals surface area contributed by atoms with Crippen LogP contribution in [0.25, 0.3) is 0 Å². The maximum absolute atomic E-state index is 12.8. The minimum Gasteiger partial charge on any atom is -0.336 e.